The van der Waals surface area contributed by atoms with Gasteiger partial charge in [-0.15, -0.1) is 0 Å². The van der Waals surface area contributed by atoms with E-state index in [4.69, 9.17) is 9.84 Å². The highest BCUT2D eigenvalue weighted by Gasteiger charge is 2.12. The van der Waals surface area contributed by atoms with Gasteiger partial charge in [-0.25, -0.2) is 8.42 Å². The highest BCUT2D eigenvalue weighted by Crippen LogP contribution is 2.18. The van der Waals surface area contributed by atoms with Crippen molar-refractivity contribution in [1.82, 2.24) is 0 Å². The average Bonchev–Trinajstić information content (AvgIpc) is 2.41. The molecular formula is C15H21NO4S. The number of aryl methyl sites for hydroxylation is 1. The Balaban J connectivity index is 2.91. The Hall–Kier alpha value is -1.55. The minimum Gasteiger partial charge on any atom is -0.395 e. The summed E-state index contributed by atoms with van der Waals surface area (Å²) in [6, 6.07) is 5.36. The molecule has 1 aromatic carbocycles. The molecule has 0 saturated heterocycles. The normalized spacial score (nSPS) is 10.8. The van der Waals surface area contributed by atoms with Gasteiger partial charge in [-0.1, -0.05) is 17.9 Å². The van der Waals surface area contributed by atoms with E-state index in [0.717, 1.165) is 5.56 Å². The minimum atomic E-state index is -3.47. The second-order valence-electron chi connectivity index (χ2n) is 4.44. The average molecular weight is 311 g/mol. The van der Waals surface area contributed by atoms with Gasteiger partial charge in [0.2, 0.25) is 10.0 Å². The van der Waals surface area contributed by atoms with Gasteiger partial charge in [0.15, 0.2) is 0 Å². The first-order valence-corrected chi connectivity index (χ1v) is 8.42. The van der Waals surface area contributed by atoms with Crippen molar-refractivity contribution in [2.24, 2.45) is 0 Å². The summed E-state index contributed by atoms with van der Waals surface area (Å²) in [6.45, 7) is 4.31. The molecule has 0 aliphatic carbocycles. The van der Waals surface area contributed by atoms with Gasteiger partial charge >= 0.3 is 0 Å². The maximum absolute atomic E-state index is 12.0. The van der Waals surface area contributed by atoms with Crippen LogP contribution in [0.1, 0.15) is 24.5 Å². The number of benzene rings is 1. The second kappa shape index (κ2) is 8.67. The van der Waals surface area contributed by atoms with E-state index in [2.05, 4.69) is 16.6 Å². The number of rotatable bonds is 7. The van der Waals surface area contributed by atoms with Crippen molar-refractivity contribution in [3.8, 4) is 11.8 Å². The van der Waals surface area contributed by atoms with Crippen LogP contribution in [-0.4, -0.2) is 39.1 Å². The lowest BCUT2D eigenvalue weighted by Gasteiger charge is -2.10. The van der Waals surface area contributed by atoms with Crippen LogP contribution >= 0.6 is 0 Å². The van der Waals surface area contributed by atoms with Crippen LogP contribution in [0.15, 0.2) is 18.2 Å². The third kappa shape index (κ3) is 6.63. The zero-order chi connectivity index (χ0) is 15.7. The van der Waals surface area contributed by atoms with Crippen molar-refractivity contribution < 1.29 is 18.3 Å². The summed E-state index contributed by atoms with van der Waals surface area (Å²) >= 11 is 0. The highest BCUT2D eigenvalue weighted by molar-refractivity contribution is 7.92. The molecule has 1 rings (SSSR count). The van der Waals surface area contributed by atoms with E-state index in [9.17, 15) is 8.42 Å². The van der Waals surface area contributed by atoms with Gasteiger partial charge in [0.05, 0.1) is 24.7 Å². The van der Waals surface area contributed by atoms with Crippen LogP contribution in [0.25, 0.3) is 0 Å². The van der Waals surface area contributed by atoms with Crippen molar-refractivity contribution in [2.45, 2.75) is 20.3 Å². The first-order chi connectivity index (χ1) is 9.98. The van der Waals surface area contributed by atoms with Gasteiger partial charge in [-0.2, -0.15) is 0 Å². The van der Waals surface area contributed by atoms with Crippen LogP contribution in [0.2, 0.25) is 0 Å². The van der Waals surface area contributed by atoms with E-state index in [1.807, 2.05) is 19.9 Å². The fourth-order valence-corrected chi connectivity index (χ4v) is 2.54. The Bertz CT molecular complexity index is 614. The number of hydrogen-bond acceptors (Lipinski definition) is 4. The molecule has 21 heavy (non-hydrogen) atoms. The fourth-order valence-electron chi connectivity index (χ4n) is 1.60. The van der Waals surface area contributed by atoms with E-state index in [1.165, 1.54) is 0 Å². The number of ether oxygens (including phenoxy) is 1. The standard InChI is InChI=1S/C15H21NO4S/c1-3-20-10-11-21(18,19)16-15-12-13(2)7-8-14(15)6-4-5-9-17/h7-8,12,16-17H,3,5,9-11H2,1-2H3. The van der Waals surface area contributed by atoms with E-state index in [-0.39, 0.29) is 19.0 Å². The number of aliphatic hydroxyl groups is 1. The van der Waals surface area contributed by atoms with Crippen LogP contribution in [0.4, 0.5) is 5.69 Å². The highest BCUT2D eigenvalue weighted by atomic mass is 32.2. The van der Waals surface area contributed by atoms with E-state index < -0.39 is 10.0 Å². The van der Waals surface area contributed by atoms with Gasteiger partial charge in [0, 0.05) is 18.6 Å². The lowest BCUT2D eigenvalue weighted by Crippen LogP contribution is -2.20. The molecule has 6 heteroatoms. The summed E-state index contributed by atoms with van der Waals surface area (Å²) < 4.78 is 31.6. The molecule has 0 fully saturated rings. The lowest BCUT2D eigenvalue weighted by atomic mass is 10.1. The molecule has 0 aromatic heterocycles. The van der Waals surface area contributed by atoms with E-state index >= 15 is 0 Å². The van der Waals surface area contributed by atoms with E-state index in [0.29, 0.717) is 24.3 Å². The third-order valence-electron chi connectivity index (χ3n) is 2.60. The summed E-state index contributed by atoms with van der Waals surface area (Å²) in [6.07, 6.45) is 0.352. The predicted octanol–water partition coefficient (Wildman–Crippen LogP) is 1.51. The molecule has 0 atom stereocenters. The molecule has 0 amide bonds. The quantitative estimate of drug-likeness (QED) is 0.591. The van der Waals surface area contributed by atoms with Crippen molar-refractivity contribution in [1.29, 1.82) is 0 Å². The largest absolute Gasteiger partial charge is 0.395 e. The van der Waals surface area contributed by atoms with Gasteiger partial charge in [-0.05, 0) is 31.5 Å². The lowest BCUT2D eigenvalue weighted by molar-refractivity contribution is 0.163. The van der Waals surface area contributed by atoms with Crippen molar-refractivity contribution in [3.63, 3.8) is 0 Å². The Morgan fingerprint density at radius 1 is 1.38 bits per heavy atom. The summed E-state index contributed by atoms with van der Waals surface area (Å²) in [5.74, 6) is 5.55. The third-order valence-corrected chi connectivity index (χ3v) is 3.84. The van der Waals surface area contributed by atoms with Gasteiger partial charge < -0.3 is 9.84 Å². The van der Waals surface area contributed by atoms with Gasteiger partial charge in [-0.3, -0.25) is 4.72 Å². The maximum Gasteiger partial charge on any atom is 0.235 e. The molecule has 0 unspecified atom stereocenters. The molecule has 0 bridgehead atoms. The van der Waals surface area contributed by atoms with Crippen molar-refractivity contribution >= 4 is 15.7 Å². The molecule has 1 aromatic rings. The monoisotopic (exact) mass is 311 g/mol. The van der Waals surface area contributed by atoms with Crippen LogP contribution in [0.5, 0.6) is 0 Å². The van der Waals surface area contributed by atoms with Crippen molar-refractivity contribution in [3.05, 3.63) is 29.3 Å². The molecular weight excluding hydrogens is 290 g/mol. The number of hydrogen-bond donors (Lipinski definition) is 2. The first-order valence-electron chi connectivity index (χ1n) is 6.77. The molecule has 0 saturated carbocycles. The van der Waals surface area contributed by atoms with Crippen LogP contribution in [0, 0.1) is 18.8 Å². The molecule has 5 nitrogen and oxygen atoms in total. The SMILES string of the molecule is CCOCCS(=O)(=O)Nc1cc(C)ccc1C#CCCO. The number of sulfonamides is 1. The van der Waals surface area contributed by atoms with E-state index in [1.54, 1.807) is 12.1 Å². The molecule has 0 heterocycles. The Labute approximate surface area is 126 Å². The Morgan fingerprint density at radius 3 is 2.81 bits per heavy atom. The molecule has 0 spiro atoms. The Kier molecular flexibility index (Phi) is 7.23. The Morgan fingerprint density at radius 2 is 2.14 bits per heavy atom. The fraction of sp³-hybridized carbons (Fsp3) is 0.467. The minimum absolute atomic E-state index is 0.0196. The summed E-state index contributed by atoms with van der Waals surface area (Å²) in [5.41, 5.74) is 1.98. The molecule has 0 radical (unpaired) electrons. The van der Waals surface area contributed by atoms with Crippen LogP contribution in [0.3, 0.4) is 0 Å². The maximum atomic E-state index is 12.0. The van der Waals surface area contributed by atoms with Gasteiger partial charge in [0.25, 0.3) is 0 Å². The smallest absolute Gasteiger partial charge is 0.235 e. The first kappa shape index (κ1) is 17.5. The number of anilines is 1. The summed E-state index contributed by atoms with van der Waals surface area (Å²) in [5, 5.41) is 8.74. The molecule has 0 aliphatic heterocycles. The van der Waals surface area contributed by atoms with Crippen LogP contribution < -0.4 is 4.72 Å². The number of aliphatic hydroxyl groups excluding tert-OH is 1. The second-order valence-corrected chi connectivity index (χ2v) is 6.28. The molecule has 0 aliphatic rings. The molecule has 2 N–H and O–H groups in total. The summed E-state index contributed by atoms with van der Waals surface area (Å²) in [7, 11) is -3.47. The molecule has 116 valence electrons. The van der Waals surface area contributed by atoms with Gasteiger partial charge in [0.1, 0.15) is 0 Å². The predicted molar refractivity (Wildman–Crippen MR) is 83.7 cm³/mol. The zero-order valence-electron chi connectivity index (χ0n) is 12.3. The zero-order valence-corrected chi connectivity index (χ0v) is 13.2. The topological polar surface area (TPSA) is 75.6 Å². The number of nitrogens with one attached hydrogen (secondary N) is 1. The summed E-state index contributed by atoms with van der Waals surface area (Å²) in [4.78, 5) is 0. The van der Waals surface area contributed by atoms with Crippen molar-refractivity contribution in [2.75, 3.05) is 30.3 Å². The van der Waals surface area contributed by atoms with Crippen LogP contribution in [-0.2, 0) is 14.8 Å².